The third-order valence-corrected chi connectivity index (χ3v) is 25.5. The molecular weight excluding hydrogens is 1370 g/mol. The van der Waals surface area contributed by atoms with Crippen molar-refractivity contribution in [3.05, 3.63) is 249 Å². The highest BCUT2D eigenvalue weighted by Gasteiger charge is 2.66. The van der Waals surface area contributed by atoms with Gasteiger partial charge in [0.1, 0.15) is 36.6 Å². The first-order valence-corrected chi connectivity index (χ1v) is 39.5. The maximum Gasteiger partial charge on any atom is 0.484 e. The summed E-state index contributed by atoms with van der Waals surface area (Å²) in [5.74, 6) is 0. The summed E-state index contributed by atoms with van der Waals surface area (Å²) in [5, 5.41) is 0. The lowest BCUT2D eigenvalue weighted by atomic mass is 9.85. The molecule has 27 nitrogen and oxygen atoms in total. The zero-order valence-electron chi connectivity index (χ0n) is 49.5. The Morgan fingerprint density at radius 1 is 0.309 bits per heavy atom. The highest BCUT2D eigenvalue weighted by Crippen LogP contribution is 2.70. The van der Waals surface area contributed by atoms with Crippen LogP contribution in [0.1, 0.15) is 66.8 Å². The number of benzene rings is 7. The quantitative estimate of drug-likeness (QED) is 0.0693. The Hall–Kier alpha value is -4.65. The molecule has 3 unspecified atom stereocenters. The highest BCUT2D eigenvalue weighted by molar-refractivity contribution is 7.61. The van der Waals surface area contributed by atoms with E-state index in [1.165, 1.54) is 0 Å². The summed E-state index contributed by atoms with van der Waals surface area (Å²) in [4.78, 5) is 12.6. The summed E-state index contributed by atoms with van der Waals surface area (Å²) in [6.45, 7) is -5.96. The first kappa shape index (κ1) is 67.9. The molecule has 0 bridgehead atoms. The van der Waals surface area contributed by atoms with E-state index in [9.17, 15) is 4.89 Å². The van der Waals surface area contributed by atoms with Crippen LogP contribution in [0.15, 0.2) is 182 Å². The number of fused-ring (bicyclic) bond motifs is 5. The maximum absolute atomic E-state index is 15.8. The fraction of sp³-hybridized carbons (Fsp3) is 0.300. The third kappa shape index (κ3) is 16.6. The summed E-state index contributed by atoms with van der Waals surface area (Å²) >= 11 is 0. The van der Waals surface area contributed by atoms with E-state index in [-0.39, 0.29) is 0 Å². The number of rotatable bonds is 20. The molecule has 34 heteroatoms. The first-order chi connectivity index (χ1) is 45.3. The van der Waals surface area contributed by atoms with Crippen molar-refractivity contribution in [1.82, 2.24) is 0 Å². The predicted molar refractivity (Wildman–Crippen MR) is 328 cm³/mol. The van der Waals surface area contributed by atoms with E-state index in [4.69, 9.17) is 85.7 Å². The molecule has 5 heterocycles. The van der Waals surface area contributed by atoms with Crippen LogP contribution in [0.5, 0.6) is 0 Å². The number of hydrogen-bond donors (Lipinski definition) is 1. The van der Waals surface area contributed by atoms with Gasteiger partial charge in [-0.3, -0.25) is 81.4 Å². The zero-order chi connectivity index (χ0) is 65.0. The molecule has 7 aromatic rings. The van der Waals surface area contributed by atoms with Gasteiger partial charge in [0.15, 0.2) is 0 Å². The van der Waals surface area contributed by atoms with Crippen molar-refractivity contribution in [3.8, 4) is 0 Å². The average Bonchev–Trinajstić information content (AvgIpc) is 0.927. The van der Waals surface area contributed by atoms with Crippen molar-refractivity contribution >= 4 is 54.8 Å². The molecule has 94 heavy (non-hydrogen) atoms. The van der Waals surface area contributed by atoms with E-state index in [1.807, 2.05) is 0 Å². The highest BCUT2D eigenvalue weighted by atomic mass is 31.3. The minimum absolute atomic E-state index is 0.389. The van der Waals surface area contributed by atoms with Crippen molar-refractivity contribution in [3.63, 3.8) is 0 Å². The van der Waals surface area contributed by atoms with Gasteiger partial charge in [-0.25, -0.2) is 32.0 Å². The average molecular weight is 1430 g/mol. The van der Waals surface area contributed by atoms with E-state index in [0.29, 0.717) is 66.8 Å². The fourth-order valence-corrected chi connectivity index (χ4v) is 20.0. The molecule has 0 aromatic heterocycles. The fourth-order valence-electron chi connectivity index (χ4n) is 10.6. The van der Waals surface area contributed by atoms with Gasteiger partial charge in [0.05, 0.1) is 79.3 Å². The van der Waals surface area contributed by atoms with Crippen molar-refractivity contribution in [2.75, 3.05) is 0 Å². The van der Waals surface area contributed by atoms with Gasteiger partial charge in [-0.15, -0.1) is 0 Å². The maximum atomic E-state index is 15.8. The molecule has 0 radical (unpaired) electrons. The van der Waals surface area contributed by atoms with Gasteiger partial charge in [0, 0.05) is 0 Å². The molecule has 13 rings (SSSR count). The second-order valence-corrected chi connectivity index (χ2v) is 33.1. The normalized spacial score (nSPS) is 25.1. The molecule has 6 aliphatic rings. The summed E-state index contributed by atoms with van der Waals surface area (Å²) in [5.41, 5.74) is 5.48. The zero-order valence-corrected chi connectivity index (χ0v) is 55.7. The number of hydrogen-bond acceptors (Lipinski definition) is 26. The molecule has 1 N–H and O–H groups in total. The molecule has 1 aliphatic carbocycles. The first-order valence-electron chi connectivity index (χ1n) is 29.2. The molecule has 0 spiro atoms. The molecule has 1 saturated carbocycles. The Bertz CT molecular complexity index is 3840. The van der Waals surface area contributed by atoms with Crippen LogP contribution in [0.4, 0.5) is 0 Å². The lowest BCUT2D eigenvalue weighted by Gasteiger charge is -2.49. The molecule has 0 saturated heterocycles. The van der Waals surface area contributed by atoms with Gasteiger partial charge in [-0.1, -0.05) is 182 Å². The van der Waals surface area contributed by atoms with Crippen molar-refractivity contribution in [1.29, 1.82) is 0 Å². The van der Waals surface area contributed by atoms with Crippen LogP contribution in [-0.4, -0.2) is 41.5 Å². The van der Waals surface area contributed by atoms with Crippen LogP contribution < -0.4 is 0 Å². The van der Waals surface area contributed by atoms with Gasteiger partial charge in [-0.2, -0.15) is 4.31 Å². The molecular formula is C60H61O27P7. The van der Waals surface area contributed by atoms with E-state index < -0.39 is 171 Å². The Kier molecular flexibility index (Phi) is 21.0. The Balaban J connectivity index is 0.994. The second kappa shape index (κ2) is 29.0. The lowest BCUT2D eigenvalue weighted by Crippen LogP contribution is -2.66. The minimum atomic E-state index is -6.37. The van der Waals surface area contributed by atoms with Crippen LogP contribution in [0.25, 0.3) is 0 Å². The van der Waals surface area contributed by atoms with E-state index in [1.54, 1.807) is 182 Å². The molecule has 1 fully saturated rings. The smallest absolute Gasteiger partial charge is 0.302 e. The topological polar surface area (TPSA) is 315 Å². The monoisotopic (exact) mass is 1430 g/mol. The SMILES string of the molecule is O=P(O)(OC1[C@H](OP2(=O)OCc3ccccc3CO2)[C@H](OP2(=O)OCc3ccccc3CO2)C(OP2(=O)OCc3ccccc3CO2)[C@H](OP2(=O)OCc3ccccc3CO2)[C@H]1OP1(=O)OCc2ccccc2CO1)OP(=O)(OCc1ccccc1)OCc1ccccc1. The molecule has 7 aromatic carbocycles. The van der Waals surface area contributed by atoms with Crippen LogP contribution in [-0.2, 0) is 197 Å². The van der Waals surface area contributed by atoms with Gasteiger partial charge in [-0.05, 0) is 66.8 Å². The second-order valence-electron chi connectivity index (χ2n) is 21.7. The predicted octanol–water partition coefficient (Wildman–Crippen LogP) is 15.2. The van der Waals surface area contributed by atoms with Gasteiger partial charge >= 0.3 is 54.8 Å². The van der Waals surface area contributed by atoms with Gasteiger partial charge in [0.2, 0.25) is 0 Å². The van der Waals surface area contributed by atoms with Gasteiger partial charge in [0.25, 0.3) is 0 Å². The Labute approximate surface area is 539 Å². The molecule has 7 atom stereocenters. The van der Waals surface area contributed by atoms with Crippen molar-refractivity contribution in [2.24, 2.45) is 0 Å². The number of phosphoric acid groups is 7. The van der Waals surface area contributed by atoms with Crippen molar-refractivity contribution < 1.29 is 123 Å². The van der Waals surface area contributed by atoms with Gasteiger partial charge < -0.3 is 4.89 Å². The van der Waals surface area contributed by atoms with E-state index in [2.05, 4.69) is 0 Å². The third-order valence-electron chi connectivity index (χ3n) is 15.5. The number of phosphoric ester groups is 7. The molecule has 5 aliphatic heterocycles. The Morgan fingerprint density at radius 2 is 0.500 bits per heavy atom. The van der Waals surface area contributed by atoms with E-state index >= 15 is 32.0 Å². The summed E-state index contributed by atoms with van der Waals surface area (Å²) in [7, 11) is -38.4. The van der Waals surface area contributed by atoms with Crippen LogP contribution in [0.3, 0.4) is 0 Å². The van der Waals surface area contributed by atoms with Crippen LogP contribution in [0.2, 0.25) is 0 Å². The Morgan fingerprint density at radius 3 is 0.713 bits per heavy atom. The van der Waals surface area contributed by atoms with Crippen molar-refractivity contribution in [2.45, 2.75) is 116 Å². The summed E-state index contributed by atoms with van der Waals surface area (Å²) in [6, 6.07) is 49.7. The lowest BCUT2D eigenvalue weighted by molar-refractivity contribution is -0.207. The minimum Gasteiger partial charge on any atom is -0.302 e. The standard InChI is InChI=1S/C60H61O27P7/c61-88(62,87-94(68,69-31-43-17-3-1-4-18-43)70-32-44-19-5-2-6-20-44)81-55-56(82-89(63)71-33-45-21-7-8-22-46(45)34-72-89)58(84-91(65)75-37-49-25-11-12-26-50(49)38-76-91)60(86-93(67)79-41-53-29-15-16-30-54(53)42-80-93)59(85-92(66)77-39-51-27-13-14-28-52(51)40-78-92)57(55)83-90(64)73-35-47-23-9-10-24-48(47)36-74-90/h1-30,55-60H,31-42H2,(H,61,62)/t55?,56-,57-,58-,59+,60?/m0/s1. The summed E-state index contributed by atoms with van der Waals surface area (Å²) in [6.07, 6.45) is -15.9. The summed E-state index contributed by atoms with van der Waals surface area (Å²) < 4.78 is 226. The van der Waals surface area contributed by atoms with Crippen LogP contribution in [0, 0.1) is 0 Å². The molecule has 498 valence electrons. The van der Waals surface area contributed by atoms with Crippen LogP contribution >= 0.6 is 54.8 Å². The molecule has 0 amide bonds. The largest absolute Gasteiger partial charge is 0.484 e. The van der Waals surface area contributed by atoms with E-state index in [0.717, 1.165) is 0 Å².